The molecule has 0 unspecified atom stereocenters. The lowest BCUT2D eigenvalue weighted by atomic mass is 10.2. The Labute approximate surface area is 97.1 Å². The summed E-state index contributed by atoms with van der Waals surface area (Å²) >= 11 is 1.40. The van der Waals surface area contributed by atoms with Crippen molar-refractivity contribution in [3.05, 3.63) is 46.3 Å². The molecule has 2 aromatic heterocycles. The number of thiophene rings is 1. The molecule has 0 aliphatic rings. The van der Waals surface area contributed by atoms with Crippen molar-refractivity contribution in [2.45, 2.75) is 6.54 Å². The molecule has 4 nitrogen and oxygen atoms in total. The number of hydrogen-bond acceptors (Lipinski definition) is 4. The first-order chi connectivity index (χ1) is 7.79. The Hall–Kier alpha value is -1.72. The minimum absolute atomic E-state index is 0.142. The molecule has 0 fully saturated rings. The average Bonchev–Trinajstić information content (AvgIpc) is 2.83. The molecule has 0 aliphatic carbocycles. The van der Waals surface area contributed by atoms with Crippen LogP contribution in [0.5, 0.6) is 0 Å². The van der Waals surface area contributed by atoms with Crippen LogP contribution < -0.4 is 11.1 Å². The number of aromatic nitrogens is 1. The van der Waals surface area contributed by atoms with Crippen LogP contribution in [0.1, 0.15) is 15.2 Å². The third-order valence-electron chi connectivity index (χ3n) is 2.05. The van der Waals surface area contributed by atoms with Gasteiger partial charge in [0.25, 0.3) is 5.91 Å². The molecule has 0 aliphatic heterocycles. The number of hydrogen-bond donors (Lipinski definition) is 2. The van der Waals surface area contributed by atoms with Crippen LogP contribution in [0, 0.1) is 0 Å². The first-order valence-electron chi connectivity index (χ1n) is 4.79. The zero-order valence-corrected chi connectivity index (χ0v) is 9.33. The highest BCUT2D eigenvalue weighted by Gasteiger charge is 2.07. The van der Waals surface area contributed by atoms with Crippen LogP contribution in [0.2, 0.25) is 0 Å². The SMILES string of the molecule is NCc1ccnc(NC(=O)c2cccs2)c1. The van der Waals surface area contributed by atoms with Crippen LogP contribution in [0.25, 0.3) is 0 Å². The topological polar surface area (TPSA) is 68.0 Å². The quantitative estimate of drug-likeness (QED) is 0.850. The smallest absolute Gasteiger partial charge is 0.266 e. The maximum absolute atomic E-state index is 11.7. The second-order valence-corrected chi connectivity index (χ2v) is 4.13. The van der Waals surface area contributed by atoms with Crippen molar-refractivity contribution in [3.8, 4) is 0 Å². The van der Waals surface area contributed by atoms with Gasteiger partial charge >= 0.3 is 0 Å². The summed E-state index contributed by atoms with van der Waals surface area (Å²) < 4.78 is 0. The summed E-state index contributed by atoms with van der Waals surface area (Å²) in [5.41, 5.74) is 6.45. The lowest BCUT2D eigenvalue weighted by molar-refractivity contribution is 0.103. The molecular formula is C11H11N3OS. The van der Waals surface area contributed by atoms with E-state index < -0.39 is 0 Å². The molecule has 2 rings (SSSR count). The maximum Gasteiger partial charge on any atom is 0.266 e. The summed E-state index contributed by atoms with van der Waals surface area (Å²) in [7, 11) is 0. The maximum atomic E-state index is 11.7. The molecule has 82 valence electrons. The van der Waals surface area contributed by atoms with Gasteiger partial charge in [-0.3, -0.25) is 4.79 Å². The summed E-state index contributed by atoms with van der Waals surface area (Å²) in [6.07, 6.45) is 1.63. The fraction of sp³-hybridized carbons (Fsp3) is 0.0909. The highest BCUT2D eigenvalue weighted by Crippen LogP contribution is 2.12. The second kappa shape index (κ2) is 4.87. The number of carbonyl (C=O) groups excluding carboxylic acids is 1. The molecule has 2 aromatic rings. The number of nitrogens with two attached hydrogens (primary N) is 1. The third kappa shape index (κ3) is 2.44. The van der Waals surface area contributed by atoms with Crippen molar-refractivity contribution in [2.75, 3.05) is 5.32 Å². The van der Waals surface area contributed by atoms with Gasteiger partial charge in [0.1, 0.15) is 5.82 Å². The third-order valence-corrected chi connectivity index (χ3v) is 2.92. The minimum atomic E-state index is -0.142. The molecule has 0 spiro atoms. The van der Waals surface area contributed by atoms with Crippen LogP contribution in [-0.4, -0.2) is 10.9 Å². The molecule has 0 saturated heterocycles. The van der Waals surface area contributed by atoms with E-state index in [4.69, 9.17) is 5.73 Å². The van der Waals surface area contributed by atoms with Crippen molar-refractivity contribution in [2.24, 2.45) is 5.73 Å². The molecule has 1 amide bonds. The van der Waals surface area contributed by atoms with Crippen LogP contribution in [0.3, 0.4) is 0 Å². The Morgan fingerprint density at radius 2 is 2.38 bits per heavy atom. The van der Waals surface area contributed by atoms with Crippen molar-refractivity contribution in [3.63, 3.8) is 0 Å². The van der Waals surface area contributed by atoms with Gasteiger partial charge in [-0.2, -0.15) is 0 Å². The van der Waals surface area contributed by atoms with Crippen LogP contribution in [0.15, 0.2) is 35.8 Å². The lowest BCUT2D eigenvalue weighted by Gasteiger charge is -2.03. The molecule has 0 atom stereocenters. The van der Waals surface area contributed by atoms with E-state index in [9.17, 15) is 4.79 Å². The number of carbonyl (C=O) groups is 1. The molecule has 0 saturated carbocycles. The van der Waals surface area contributed by atoms with E-state index in [0.29, 0.717) is 17.2 Å². The highest BCUT2D eigenvalue weighted by atomic mass is 32.1. The Morgan fingerprint density at radius 1 is 1.50 bits per heavy atom. The van der Waals surface area contributed by atoms with Gasteiger partial charge in [0.15, 0.2) is 0 Å². The van der Waals surface area contributed by atoms with E-state index in [2.05, 4.69) is 10.3 Å². The average molecular weight is 233 g/mol. The van der Waals surface area contributed by atoms with Gasteiger partial charge in [0.05, 0.1) is 4.88 Å². The number of anilines is 1. The fourth-order valence-corrected chi connectivity index (χ4v) is 1.87. The Balaban J connectivity index is 2.12. The van der Waals surface area contributed by atoms with Crippen LogP contribution in [0.4, 0.5) is 5.82 Å². The van der Waals surface area contributed by atoms with Gasteiger partial charge in [-0.1, -0.05) is 6.07 Å². The molecule has 5 heteroatoms. The Kier molecular flexibility index (Phi) is 3.28. The van der Waals surface area contributed by atoms with E-state index in [1.165, 1.54) is 11.3 Å². The predicted octanol–water partition coefficient (Wildman–Crippen LogP) is 1.85. The minimum Gasteiger partial charge on any atom is -0.326 e. The number of pyridine rings is 1. The molecule has 2 heterocycles. The van der Waals surface area contributed by atoms with Gasteiger partial charge in [-0.15, -0.1) is 11.3 Å². The summed E-state index contributed by atoms with van der Waals surface area (Å²) in [6, 6.07) is 7.20. The normalized spacial score (nSPS) is 10.1. The predicted molar refractivity (Wildman–Crippen MR) is 64.4 cm³/mol. The molecule has 0 radical (unpaired) electrons. The van der Waals surface area contributed by atoms with Gasteiger partial charge in [0.2, 0.25) is 0 Å². The molecule has 16 heavy (non-hydrogen) atoms. The summed E-state index contributed by atoms with van der Waals surface area (Å²) in [5, 5.41) is 4.58. The summed E-state index contributed by atoms with van der Waals surface area (Å²) in [5.74, 6) is 0.387. The van der Waals surface area contributed by atoms with E-state index in [-0.39, 0.29) is 5.91 Å². The van der Waals surface area contributed by atoms with Gasteiger partial charge in [-0.05, 0) is 29.1 Å². The largest absolute Gasteiger partial charge is 0.326 e. The molecule has 0 bridgehead atoms. The zero-order valence-electron chi connectivity index (χ0n) is 8.51. The molecule has 3 N–H and O–H groups in total. The van der Waals surface area contributed by atoms with Crippen LogP contribution >= 0.6 is 11.3 Å². The highest BCUT2D eigenvalue weighted by molar-refractivity contribution is 7.12. The van der Waals surface area contributed by atoms with Crippen molar-refractivity contribution < 1.29 is 4.79 Å². The lowest BCUT2D eigenvalue weighted by Crippen LogP contribution is -2.11. The van der Waals surface area contributed by atoms with Gasteiger partial charge in [-0.25, -0.2) is 4.98 Å². The first kappa shape index (κ1) is 10.8. The number of rotatable bonds is 3. The van der Waals surface area contributed by atoms with Crippen molar-refractivity contribution in [1.29, 1.82) is 0 Å². The van der Waals surface area contributed by atoms with Gasteiger partial charge in [0, 0.05) is 12.7 Å². The van der Waals surface area contributed by atoms with Crippen molar-refractivity contribution >= 4 is 23.1 Å². The van der Waals surface area contributed by atoms with Crippen molar-refractivity contribution in [1.82, 2.24) is 4.98 Å². The zero-order chi connectivity index (χ0) is 11.4. The summed E-state index contributed by atoms with van der Waals surface area (Å²) in [6.45, 7) is 0.435. The fourth-order valence-electron chi connectivity index (χ4n) is 1.26. The Bertz CT molecular complexity index is 482. The number of nitrogens with zero attached hydrogens (tertiary/aromatic N) is 1. The van der Waals surface area contributed by atoms with E-state index in [0.717, 1.165) is 5.56 Å². The van der Waals surface area contributed by atoms with E-state index >= 15 is 0 Å². The molecular weight excluding hydrogens is 222 g/mol. The van der Waals surface area contributed by atoms with E-state index in [1.54, 1.807) is 18.3 Å². The summed E-state index contributed by atoms with van der Waals surface area (Å²) in [4.78, 5) is 16.4. The first-order valence-corrected chi connectivity index (χ1v) is 5.67. The Morgan fingerprint density at radius 3 is 3.06 bits per heavy atom. The van der Waals surface area contributed by atoms with Gasteiger partial charge < -0.3 is 11.1 Å². The van der Waals surface area contributed by atoms with E-state index in [1.807, 2.05) is 17.5 Å². The standard InChI is InChI=1S/C11H11N3OS/c12-7-8-3-4-13-10(6-8)14-11(15)9-2-1-5-16-9/h1-6H,7,12H2,(H,13,14,15). The number of amides is 1. The monoisotopic (exact) mass is 233 g/mol. The number of nitrogens with one attached hydrogen (secondary N) is 1. The molecule has 0 aromatic carbocycles. The second-order valence-electron chi connectivity index (χ2n) is 3.18. The van der Waals surface area contributed by atoms with Crippen LogP contribution in [-0.2, 0) is 6.54 Å².